The minimum atomic E-state index is -3.38. The monoisotopic (exact) mass is 366 g/mol. The molecule has 0 spiro atoms. The van der Waals surface area contributed by atoms with Gasteiger partial charge in [0.05, 0.1) is 11.9 Å². The number of sulfonamides is 1. The Morgan fingerprint density at radius 1 is 1.16 bits per heavy atom. The zero-order chi connectivity index (χ0) is 18.2. The van der Waals surface area contributed by atoms with Gasteiger partial charge in [-0.15, -0.1) is 0 Å². The summed E-state index contributed by atoms with van der Waals surface area (Å²) in [7, 11) is -3.38. The Labute approximate surface area is 144 Å². The molecule has 0 atom stereocenters. The molecule has 1 heterocycles. The normalized spacial score (nSPS) is 14.1. The molecular formula is C17H16F2N2O3S. The van der Waals surface area contributed by atoms with Gasteiger partial charge in [0.15, 0.2) is 0 Å². The maximum atomic E-state index is 13.7. The summed E-state index contributed by atoms with van der Waals surface area (Å²) in [6.45, 7) is 0.401. The number of halogens is 2. The van der Waals surface area contributed by atoms with Gasteiger partial charge in [-0.1, -0.05) is 6.07 Å². The number of aryl methyl sites for hydroxylation is 1. The maximum absolute atomic E-state index is 13.7. The highest BCUT2D eigenvalue weighted by Gasteiger charge is 2.24. The number of hydrogen-bond donors (Lipinski definition) is 1. The lowest BCUT2D eigenvalue weighted by molar-refractivity contribution is 0.101. The molecule has 25 heavy (non-hydrogen) atoms. The summed E-state index contributed by atoms with van der Waals surface area (Å²) < 4.78 is 52.4. The number of fused-ring (bicyclic) bond motifs is 1. The minimum absolute atomic E-state index is 0.349. The zero-order valence-electron chi connectivity index (χ0n) is 13.4. The Hall–Kier alpha value is -2.48. The third-order valence-corrected chi connectivity index (χ3v) is 5.18. The highest BCUT2D eigenvalue weighted by atomic mass is 32.2. The van der Waals surface area contributed by atoms with Crippen molar-refractivity contribution in [2.45, 2.75) is 12.8 Å². The summed E-state index contributed by atoms with van der Waals surface area (Å²) in [4.78, 5) is 12.2. The van der Waals surface area contributed by atoms with Crippen molar-refractivity contribution >= 4 is 27.3 Å². The maximum Gasteiger partial charge on any atom is 0.261 e. The SMILES string of the molecule is CS(=O)(=O)N1CCCc2cc(NC(=O)c3c(F)cccc3F)ccc21. The number of rotatable bonds is 3. The van der Waals surface area contributed by atoms with Gasteiger partial charge in [0.25, 0.3) is 5.91 Å². The molecule has 0 aliphatic carbocycles. The average molecular weight is 366 g/mol. The second kappa shape index (κ2) is 6.44. The second-order valence-electron chi connectivity index (χ2n) is 5.83. The van der Waals surface area contributed by atoms with E-state index in [2.05, 4.69) is 5.32 Å². The van der Waals surface area contributed by atoms with Gasteiger partial charge in [-0.2, -0.15) is 0 Å². The van der Waals surface area contributed by atoms with Crippen LogP contribution in [-0.4, -0.2) is 27.1 Å². The van der Waals surface area contributed by atoms with Crippen LogP contribution in [0, 0.1) is 11.6 Å². The Morgan fingerprint density at radius 2 is 1.84 bits per heavy atom. The van der Waals surface area contributed by atoms with Gasteiger partial charge >= 0.3 is 0 Å². The van der Waals surface area contributed by atoms with Crippen LogP contribution in [-0.2, 0) is 16.4 Å². The van der Waals surface area contributed by atoms with Crippen molar-refractivity contribution in [2.75, 3.05) is 22.4 Å². The van der Waals surface area contributed by atoms with Gasteiger partial charge in [0, 0.05) is 12.2 Å². The van der Waals surface area contributed by atoms with Crippen molar-refractivity contribution in [2.24, 2.45) is 0 Å². The first-order valence-electron chi connectivity index (χ1n) is 7.63. The topological polar surface area (TPSA) is 66.5 Å². The fourth-order valence-corrected chi connectivity index (χ4v) is 3.89. The first-order chi connectivity index (χ1) is 11.8. The Morgan fingerprint density at radius 3 is 2.48 bits per heavy atom. The fourth-order valence-electron chi connectivity index (χ4n) is 2.89. The van der Waals surface area contributed by atoms with Crippen LogP contribution < -0.4 is 9.62 Å². The number of carbonyl (C=O) groups excluding carboxylic acids is 1. The van der Waals surface area contributed by atoms with Crippen molar-refractivity contribution in [1.82, 2.24) is 0 Å². The molecule has 132 valence electrons. The van der Waals surface area contributed by atoms with Crippen LogP contribution in [0.5, 0.6) is 0 Å². The van der Waals surface area contributed by atoms with Gasteiger partial charge in [0.2, 0.25) is 10.0 Å². The summed E-state index contributed by atoms with van der Waals surface area (Å²) in [6, 6.07) is 7.93. The number of nitrogens with zero attached hydrogens (tertiary/aromatic N) is 1. The van der Waals surface area contributed by atoms with E-state index >= 15 is 0 Å². The largest absolute Gasteiger partial charge is 0.322 e. The molecule has 0 unspecified atom stereocenters. The summed E-state index contributed by atoms with van der Waals surface area (Å²) in [5.41, 5.74) is 1.01. The molecule has 0 saturated heterocycles. The number of amides is 1. The van der Waals surface area contributed by atoms with Crippen molar-refractivity contribution in [1.29, 1.82) is 0 Å². The molecule has 8 heteroatoms. The van der Waals surface area contributed by atoms with E-state index in [1.165, 1.54) is 16.4 Å². The third kappa shape index (κ3) is 3.48. The van der Waals surface area contributed by atoms with Gasteiger partial charge < -0.3 is 5.32 Å². The van der Waals surface area contributed by atoms with E-state index in [0.29, 0.717) is 30.8 Å². The minimum Gasteiger partial charge on any atom is -0.322 e. The van der Waals surface area contributed by atoms with Gasteiger partial charge in [-0.25, -0.2) is 17.2 Å². The van der Waals surface area contributed by atoms with Crippen LogP contribution in [0.4, 0.5) is 20.2 Å². The Bertz CT molecular complexity index is 925. The van der Waals surface area contributed by atoms with Crippen LogP contribution in [0.3, 0.4) is 0 Å². The molecule has 3 rings (SSSR count). The molecule has 5 nitrogen and oxygen atoms in total. The molecule has 0 bridgehead atoms. The molecule has 1 amide bonds. The molecule has 2 aromatic carbocycles. The first kappa shape index (κ1) is 17.3. The van der Waals surface area contributed by atoms with Crippen LogP contribution in [0.15, 0.2) is 36.4 Å². The number of anilines is 2. The predicted molar refractivity (Wildman–Crippen MR) is 91.3 cm³/mol. The van der Waals surface area contributed by atoms with Gasteiger partial charge in [-0.05, 0) is 48.7 Å². The zero-order valence-corrected chi connectivity index (χ0v) is 14.2. The van der Waals surface area contributed by atoms with Crippen molar-refractivity contribution in [3.8, 4) is 0 Å². The van der Waals surface area contributed by atoms with E-state index in [1.807, 2.05) is 0 Å². The molecule has 1 aliphatic heterocycles. The second-order valence-corrected chi connectivity index (χ2v) is 7.74. The lowest BCUT2D eigenvalue weighted by Gasteiger charge is -2.29. The summed E-state index contributed by atoms with van der Waals surface area (Å²) in [5, 5.41) is 2.46. The van der Waals surface area contributed by atoms with E-state index in [4.69, 9.17) is 0 Å². The summed E-state index contributed by atoms with van der Waals surface area (Å²) in [6.07, 6.45) is 2.44. The predicted octanol–water partition coefficient (Wildman–Crippen LogP) is 2.93. The lowest BCUT2D eigenvalue weighted by atomic mass is 10.0. The van der Waals surface area contributed by atoms with E-state index in [9.17, 15) is 22.0 Å². The molecule has 0 saturated carbocycles. The molecule has 1 aliphatic rings. The smallest absolute Gasteiger partial charge is 0.261 e. The van der Waals surface area contributed by atoms with Crippen molar-refractivity contribution in [3.63, 3.8) is 0 Å². The molecule has 0 aromatic heterocycles. The van der Waals surface area contributed by atoms with Crippen molar-refractivity contribution in [3.05, 3.63) is 59.2 Å². The molecule has 0 radical (unpaired) electrons. The van der Waals surface area contributed by atoms with E-state index < -0.39 is 33.1 Å². The highest BCUT2D eigenvalue weighted by molar-refractivity contribution is 7.92. The van der Waals surface area contributed by atoms with E-state index in [0.717, 1.165) is 24.0 Å². The van der Waals surface area contributed by atoms with Crippen LogP contribution in [0.1, 0.15) is 22.3 Å². The standard InChI is InChI=1S/C17H16F2N2O3S/c1-25(23,24)21-9-3-4-11-10-12(7-8-15(11)21)20-17(22)16-13(18)5-2-6-14(16)19/h2,5-8,10H,3-4,9H2,1H3,(H,20,22). The highest BCUT2D eigenvalue weighted by Crippen LogP contribution is 2.31. The average Bonchev–Trinajstić information content (AvgIpc) is 2.53. The third-order valence-electron chi connectivity index (χ3n) is 4.00. The van der Waals surface area contributed by atoms with Crippen LogP contribution >= 0.6 is 0 Å². The van der Waals surface area contributed by atoms with Gasteiger partial charge in [-0.3, -0.25) is 9.10 Å². The van der Waals surface area contributed by atoms with Crippen LogP contribution in [0.2, 0.25) is 0 Å². The number of carbonyl (C=O) groups is 1. The molecule has 2 aromatic rings. The summed E-state index contributed by atoms with van der Waals surface area (Å²) >= 11 is 0. The number of benzene rings is 2. The fraction of sp³-hybridized carbons (Fsp3) is 0.235. The number of hydrogen-bond acceptors (Lipinski definition) is 3. The summed E-state index contributed by atoms with van der Waals surface area (Å²) in [5.74, 6) is -2.79. The van der Waals surface area contributed by atoms with Crippen molar-refractivity contribution < 1.29 is 22.0 Å². The molecular weight excluding hydrogens is 350 g/mol. The number of nitrogens with one attached hydrogen (secondary N) is 1. The van der Waals surface area contributed by atoms with E-state index in [1.54, 1.807) is 12.1 Å². The van der Waals surface area contributed by atoms with Gasteiger partial charge in [0.1, 0.15) is 17.2 Å². The van der Waals surface area contributed by atoms with E-state index in [-0.39, 0.29) is 0 Å². The quantitative estimate of drug-likeness (QED) is 0.908. The van der Waals surface area contributed by atoms with Crippen LogP contribution in [0.25, 0.3) is 0 Å². The Kier molecular flexibility index (Phi) is 4.47. The lowest BCUT2D eigenvalue weighted by Crippen LogP contribution is -2.34. The molecule has 0 fully saturated rings. The molecule has 1 N–H and O–H groups in total. The Balaban J connectivity index is 1.89. The first-order valence-corrected chi connectivity index (χ1v) is 9.48.